The van der Waals surface area contributed by atoms with Crippen LogP contribution in [0.5, 0.6) is 0 Å². The van der Waals surface area contributed by atoms with Crippen molar-refractivity contribution in [2.45, 2.75) is 44.2 Å². The molecule has 1 saturated carbocycles. The second-order valence-corrected chi connectivity index (χ2v) is 5.65. The quantitative estimate of drug-likeness (QED) is 0.774. The first-order chi connectivity index (χ1) is 9.66. The molecule has 0 saturated heterocycles. The first-order valence-electron chi connectivity index (χ1n) is 7.42. The largest absolute Gasteiger partial charge is 0.393 e. The molecule has 1 aromatic rings. The van der Waals surface area contributed by atoms with E-state index in [1.165, 1.54) is 0 Å². The summed E-state index contributed by atoms with van der Waals surface area (Å²) >= 11 is 0. The fraction of sp³-hybridized carbons (Fsp3) is 0.562. The number of amides is 1. The second-order valence-electron chi connectivity index (χ2n) is 5.65. The predicted octanol–water partition coefficient (Wildman–Crippen LogP) is 1.65. The molecule has 21 heavy (non-hydrogen) atoms. The first-order valence-corrected chi connectivity index (χ1v) is 7.42. The van der Waals surface area contributed by atoms with Gasteiger partial charge in [-0.1, -0.05) is 43.2 Å². The summed E-state index contributed by atoms with van der Waals surface area (Å²) in [6, 6.07) is 9.24. The molecule has 0 aromatic heterocycles. The Morgan fingerprint density at radius 2 is 1.95 bits per heavy atom. The zero-order valence-electron chi connectivity index (χ0n) is 12.2. The molecule has 5 heteroatoms. The van der Waals surface area contributed by atoms with E-state index in [9.17, 15) is 9.90 Å². The van der Waals surface area contributed by atoms with Crippen LogP contribution in [0.4, 0.5) is 0 Å². The number of carbonyl (C=O) groups excluding carboxylic acids is 1. The van der Waals surface area contributed by atoms with Crippen LogP contribution in [-0.4, -0.2) is 29.7 Å². The van der Waals surface area contributed by atoms with Crippen molar-refractivity contribution in [3.05, 3.63) is 35.9 Å². The summed E-state index contributed by atoms with van der Waals surface area (Å²) in [5.74, 6) is 0.0447. The van der Waals surface area contributed by atoms with Gasteiger partial charge in [0, 0.05) is 12.5 Å². The highest BCUT2D eigenvalue weighted by Gasteiger charge is 2.24. The van der Waals surface area contributed by atoms with Crippen LogP contribution in [0, 0.1) is 5.92 Å². The Labute approximate surface area is 132 Å². The third-order valence-electron chi connectivity index (χ3n) is 4.04. The lowest BCUT2D eigenvalue weighted by molar-refractivity contribution is -0.122. The van der Waals surface area contributed by atoms with E-state index >= 15 is 0 Å². The van der Waals surface area contributed by atoms with E-state index in [0.717, 1.165) is 31.2 Å². The second kappa shape index (κ2) is 9.03. The van der Waals surface area contributed by atoms with Gasteiger partial charge in [-0.3, -0.25) is 4.79 Å². The number of nitrogens with one attached hydrogen (secondary N) is 1. The smallest absolute Gasteiger partial charge is 0.237 e. The molecule has 0 heterocycles. The fourth-order valence-corrected chi connectivity index (χ4v) is 2.75. The topological polar surface area (TPSA) is 75.4 Å². The van der Waals surface area contributed by atoms with Crippen LogP contribution in [0.25, 0.3) is 0 Å². The Hall–Kier alpha value is -1.10. The van der Waals surface area contributed by atoms with Crippen LogP contribution in [0.3, 0.4) is 0 Å². The number of nitrogens with two attached hydrogens (primary N) is 1. The molecular formula is C16H25ClN2O2. The maximum absolute atomic E-state index is 12.0. The van der Waals surface area contributed by atoms with Gasteiger partial charge in [-0.2, -0.15) is 0 Å². The standard InChI is InChI=1S/C16H24N2O2.ClH/c17-14(10-12-6-2-1-3-7-12)16(20)18-11-13-8-4-5-9-15(13)19;/h1-3,6-7,13-15,19H,4-5,8-11,17H2,(H,18,20);1H/t13?,14-,15?;/m0./s1. The average molecular weight is 313 g/mol. The van der Waals surface area contributed by atoms with E-state index in [-0.39, 0.29) is 30.3 Å². The lowest BCUT2D eigenvalue weighted by Gasteiger charge is -2.28. The normalized spacial score (nSPS) is 23.0. The zero-order chi connectivity index (χ0) is 14.4. The Morgan fingerprint density at radius 1 is 1.29 bits per heavy atom. The molecular weight excluding hydrogens is 288 g/mol. The van der Waals surface area contributed by atoms with Gasteiger partial charge < -0.3 is 16.2 Å². The molecule has 2 rings (SSSR count). The third-order valence-corrected chi connectivity index (χ3v) is 4.04. The number of carbonyl (C=O) groups is 1. The van der Waals surface area contributed by atoms with Crippen molar-refractivity contribution < 1.29 is 9.90 Å². The summed E-state index contributed by atoms with van der Waals surface area (Å²) in [4.78, 5) is 12.0. The molecule has 1 aliphatic rings. The molecule has 0 aliphatic heterocycles. The third kappa shape index (κ3) is 5.65. The molecule has 1 amide bonds. The molecule has 2 unspecified atom stereocenters. The number of aliphatic hydroxyl groups excluding tert-OH is 1. The van der Waals surface area contributed by atoms with Crippen LogP contribution < -0.4 is 11.1 Å². The van der Waals surface area contributed by atoms with E-state index in [2.05, 4.69) is 5.32 Å². The van der Waals surface area contributed by atoms with E-state index in [1.807, 2.05) is 30.3 Å². The Kier molecular flexibility index (Phi) is 7.72. The van der Waals surface area contributed by atoms with Crippen LogP contribution in [0.2, 0.25) is 0 Å². The number of rotatable bonds is 5. The van der Waals surface area contributed by atoms with Gasteiger partial charge in [-0.25, -0.2) is 0 Å². The lowest BCUT2D eigenvalue weighted by atomic mass is 9.86. The molecule has 4 nitrogen and oxygen atoms in total. The van der Waals surface area contributed by atoms with Gasteiger partial charge >= 0.3 is 0 Å². The highest BCUT2D eigenvalue weighted by molar-refractivity contribution is 5.85. The Bertz CT molecular complexity index is 428. The SMILES string of the molecule is Cl.N[C@@H](Cc1ccccc1)C(=O)NCC1CCCCC1O. The number of hydrogen-bond acceptors (Lipinski definition) is 3. The van der Waals surface area contributed by atoms with Gasteiger partial charge in [0.05, 0.1) is 12.1 Å². The number of hydrogen-bond donors (Lipinski definition) is 3. The fourth-order valence-electron chi connectivity index (χ4n) is 2.75. The Balaban J connectivity index is 0.00000220. The minimum Gasteiger partial charge on any atom is -0.393 e. The predicted molar refractivity (Wildman–Crippen MR) is 86.3 cm³/mol. The zero-order valence-corrected chi connectivity index (χ0v) is 13.0. The van der Waals surface area contributed by atoms with Gasteiger partial charge in [0.15, 0.2) is 0 Å². The summed E-state index contributed by atoms with van der Waals surface area (Å²) < 4.78 is 0. The van der Waals surface area contributed by atoms with Crippen molar-refractivity contribution >= 4 is 18.3 Å². The highest BCUT2D eigenvalue weighted by atomic mass is 35.5. The van der Waals surface area contributed by atoms with Crippen molar-refractivity contribution in [3.63, 3.8) is 0 Å². The van der Waals surface area contributed by atoms with E-state index in [0.29, 0.717) is 13.0 Å². The lowest BCUT2D eigenvalue weighted by Crippen LogP contribution is -2.45. The molecule has 0 bridgehead atoms. The maximum Gasteiger partial charge on any atom is 0.237 e. The number of halogens is 1. The summed E-state index contributed by atoms with van der Waals surface area (Å²) in [6.07, 6.45) is 4.30. The summed E-state index contributed by atoms with van der Waals surface area (Å²) in [6.45, 7) is 0.530. The molecule has 3 atom stereocenters. The van der Waals surface area contributed by atoms with Gasteiger partial charge in [0.25, 0.3) is 0 Å². The van der Waals surface area contributed by atoms with Crippen molar-refractivity contribution in [2.24, 2.45) is 11.7 Å². The van der Waals surface area contributed by atoms with Gasteiger partial charge in [0.2, 0.25) is 5.91 Å². The first kappa shape index (κ1) is 18.0. The van der Waals surface area contributed by atoms with Crippen LogP contribution in [0.1, 0.15) is 31.2 Å². The van der Waals surface area contributed by atoms with Gasteiger partial charge in [-0.05, 0) is 24.8 Å². The van der Waals surface area contributed by atoms with Crippen LogP contribution >= 0.6 is 12.4 Å². The van der Waals surface area contributed by atoms with Crippen molar-refractivity contribution in [1.82, 2.24) is 5.32 Å². The van der Waals surface area contributed by atoms with Crippen molar-refractivity contribution in [2.75, 3.05) is 6.54 Å². The minimum atomic E-state index is -0.530. The molecule has 1 aromatic carbocycles. The van der Waals surface area contributed by atoms with Gasteiger partial charge in [0.1, 0.15) is 0 Å². The van der Waals surface area contributed by atoms with Crippen molar-refractivity contribution in [1.29, 1.82) is 0 Å². The summed E-state index contributed by atoms with van der Waals surface area (Å²) in [7, 11) is 0. The van der Waals surface area contributed by atoms with Crippen molar-refractivity contribution in [3.8, 4) is 0 Å². The molecule has 1 aliphatic carbocycles. The summed E-state index contributed by atoms with van der Waals surface area (Å²) in [5.41, 5.74) is 6.99. The molecule has 1 fully saturated rings. The monoisotopic (exact) mass is 312 g/mol. The van der Waals surface area contributed by atoms with Crippen LogP contribution in [-0.2, 0) is 11.2 Å². The average Bonchev–Trinajstić information content (AvgIpc) is 2.47. The molecule has 0 radical (unpaired) electrons. The number of benzene rings is 1. The van der Waals surface area contributed by atoms with Gasteiger partial charge in [-0.15, -0.1) is 12.4 Å². The number of aliphatic hydroxyl groups is 1. The maximum atomic E-state index is 12.0. The minimum absolute atomic E-state index is 0. The molecule has 4 N–H and O–H groups in total. The Morgan fingerprint density at radius 3 is 2.62 bits per heavy atom. The summed E-state index contributed by atoms with van der Waals surface area (Å²) in [5, 5.41) is 12.8. The van der Waals surface area contributed by atoms with E-state index in [4.69, 9.17) is 5.73 Å². The van der Waals surface area contributed by atoms with E-state index in [1.54, 1.807) is 0 Å². The molecule has 118 valence electrons. The molecule has 0 spiro atoms. The van der Waals surface area contributed by atoms with E-state index < -0.39 is 6.04 Å². The van der Waals surface area contributed by atoms with Crippen LogP contribution in [0.15, 0.2) is 30.3 Å². The highest BCUT2D eigenvalue weighted by Crippen LogP contribution is 2.23.